The van der Waals surface area contributed by atoms with Crippen molar-refractivity contribution in [2.75, 3.05) is 13.1 Å². The van der Waals surface area contributed by atoms with Crippen molar-refractivity contribution in [3.05, 3.63) is 63.0 Å². The van der Waals surface area contributed by atoms with E-state index in [0.717, 1.165) is 31.5 Å². The van der Waals surface area contributed by atoms with Crippen LogP contribution in [0.15, 0.2) is 41.3 Å². The number of nitrogens with one attached hydrogen (secondary N) is 1. The van der Waals surface area contributed by atoms with Crippen LogP contribution in [-0.2, 0) is 6.54 Å². The molecule has 0 bridgehead atoms. The van der Waals surface area contributed by atoms with Crippen molar-refractivity contribution in [1.29, 1.82) is 5.26 Å². The Kier molecular flexibility index (Phi) is 5.19. The number of ether oxygens (including phenoxy) is 1. The highest BCUT2D eigenvalue weighted by atomic mass is 35.5. The molecule has 0 atom stereocenters. The number of rotatable bonds is 4. The van der Waals surface area contributed by atoms with Crippen LogP contribution in [0.4, 0.5) is 0 Å². The molecule has 0 saturated carbocycles. The standard InChI is InChI=1S/C18H18ClN3O2/c19-16-12-22(11-14-3-1-2-13(8-14)10-20)18(23)9-17(16)24-15-4-6-21-7-5-15/h1-3,8-9,12,15,21H,4-7,11H2. The molecule has 2 aromatic rings. The van der Waals surface area contributed by atoms with Crippen molar-refractivity contribution in [1.82, 2.24) is 9.88 Å². The Hall–Kier alpha value is -2.29. The average molecular weight is 344 g/mol. The molecule has 1 aromatic carbocycles. The lowest BCUT2D eigenvalue weighted by Crippen LogP contribution is -2.34. The van der Waals surface area contributed by atoms with E-state index >= 15 is 0 Å². The highest BCUT2D eigenvalue weighted by Gasteiger charge is 2.17. The second-order valence-corrected chi connectivity index (χ2v) is 6.24. The third kappa shape index (κ3) is 3.97. The van der Waals surface area contributed by atoms with Crippen LogP contribution in [0.25, 0.3) is 0 Å². The molecule has 2 heterocycles. The van der Waals surface area contributed by atoms with Crippen molar-refractivity contribution in [2.24, 2.45) is 0 Å². The predicted octanol–water partition coefficient (Wildman–Crippen LogP) is 2.55. The van der Waals surface area contributed by atoms with E-state index < -0.39 is 0 Å². The van der Waals surface area contributed by atoms with E-state index in [1.807, 2.05) is 6.07 Å². The molecule has 5 nitrogen and oxygen atoms in total. The van der Waals surface area contributed by atoms with Crippen LogP contribution >= 0.6 is 11.6 Å². The van der Waals surface area contributed by atoms with Crippen LogP contribution < -0.4 is 15.6 Å². The Labute approximate surface area is 145 Å². The number of benzene rings is 1. The van der Waals surface area contributed by atoms with Gasteiger partial charge in [0.25, 0.3) is 5.56 Å². The number of halogens is 1. The fraction of sp³-hybridized carbons (Fsp3) is 0.333. The van der Waals surface area contributed by atoms with Crippen LogP contribution in [0.5, 0.6) is 5.75 Å². The zero-order valence-electron chi connectivity index (χ0n) is 13.2. The minimum atomic E-state index is -0.175. The highest BCUT2D eigenvalue weighted by molar-refractivity contribution is 6.31. The molecule has 0 unspecified atom stereocenters. The molecule has 1 saturated heterocycles. The first kappa shape index (κ1) is 16.6. The maximum Gasteiger partial charge on any atom is 0.254 e. The number of piperidine rings is 1. The molecule has 0 aliphatic carbocycles. The lowest BCUT2D eigenvalue weighted by atomic mass is 10.1. The predicted molar refractivity (Wildman–Crippen MR) is 92.5 cm³/mol. The van der Waals surface area contributed by atoms with Gasteiger partial charge >= 0.3 is 0 Å². The summed E-state index contributed by atoms with van der Waals surface area (Å²) in [4.78, 5) is 12.3. The number of nitrogens with zero attached hydrogens (tertiary/aromatic N) is 2. The molecule has 0 spiro atoms. The first-order chi connectivity index (χ1) is 11.7. The molecule has 1 aliphatic heterocycles. The Morgan fingerprint density at radius 1 is 1.33 bits per heavy atom. The minimum Gasteiger partial charge on any atom is -0.489 e. The molecule has 24 heavy (non-hydrogen) atoms. The van der Waals surface area contributed by atoms with Crippen molar-refractivity contribution in [3.63, 3.8) is 0 Å². The third-order valence-corrected chi connectivity index (χ3v) is 4.31. The monoisotopic (exact) mass is 343 g/mol. The van der Waals surface area contributed by atoms with Gasteiger partial charge in [0.15, 0.2) is 0 Å². The molecule has 124 valence electrons. The zero-order valence-corrected chi connectivity index (χ0v) is 13.9. The summed E-state index contributed by atoms with van der Waals surface area (Å²) in [6.45, 7) is 2.19. The van der Waals surface area contributed by atoms with E-state index in [4.69, 9.17) is 21.6 Å². The zero-order chi connectivity index (χ0) is 16.9. The van der Waals surface area contributed by atoms with E-state index in [2.05, 4.69) is 11.4 Å². The second kappa shape index (κ2) is 7.52. The number of aromatic nitrogens is 1. The van der Waals surface area contributed by atoms with E-state index in [9.17, 15) is 4.79 Å². The Morgan fingerprint density at radius 2 is 2.12 bits per heavy atom. The van der Waals surface area contributed by atoms with Crippen molar-refractivity contribution in [2.45, 2.75) is 25.5 Å². The molecule has 3 rings (SSSR count). The number of hydrogen-bond donors (Lipinski definition) is 1. The van der Waals surface area contributed by atoms with Crippen LogP contribution in [0.2, 0.25) is 5.02 Å². The Balaban J connectivity index is 1.79. The SMILES string of the molecule is N#Cc1cccc(Cn2cc(Cl)c(OC3CCNCC3)cc2=O)c1. The van der Waals surface area contributed by atoms with Gasteiger partial charge in [-0.2, -0.15) is 5.26 Å². The van der Waals surface area contributed by atoms with Gasteiger partial charge in [-0.05, 0) is 43.6 Å². The number of nitriles is 1. The highest BCUT2D eigenvalue weighted by Crippen LogP contribution is 2.25. The fourth-order valence-corrected chi connectivity index (χ4v) is 2.99. The number of pyridine rings is 1. The molecular formula is C18H18ClN3O2. The lowest BCUT2D eigenvalue weighted by Gasteiger charge is -2.24. The third-order valence-electron chi connectivity index (χ3n) is 4.03. The summed E-state index contributed by atoms with van der Waals surface area (Å²) in [5.41, 5.74) is 1.27. The molecule has 1 N–H and O–H groups in total. The first-order valence-corrected chi connectivity index (χ1v) is 8.30. The molecule has 1 aromatic heterocycles. The van der Waals surface area contributed by atoms with Crippen LogP contribution in [0.3, 0.4) is 0 Å². The van der Waals surface area contributed by atoms with E-state index in [-0.39, 0.29) is 11.7 Å². The van der Waals surface area contributed by atoms with Gasteiger partial charge < -0.3 is 14.6 Å². The maximum absolute atomic E-state index is 12.3. The van der Waals surface area contributed by atoms with Gasteiger partial charge in [-0.25, -0.2) is 0 Å². The van der Waals surface area contributed by atoms with Gasteiger partial charge in [0.2, 0.25) is 0 Å². The summed E-state index contributed by atoms with van der Waals surface area (Å²) in [6.07, 6.45) is 3.49. The summed E-state index contributed by atoms with van der Waals surface area (Å²) < 4.78 is 7.40. The first-order valence-electron chi connectivity index (χ1n) is 7.92. The smallest absolute Gasteiger partial charge is 0.254 e. The van der Waals surface area contributed by atoms with E-state index in [1.165, 1.54) is 10.6 Å². The van der Waals surface area contributed by atoms with E-state index in [1.54, 1.807) is 24.4 Å². The second-order valence-electron chi connectivity index (χ2n) is 5.83. The van der Waals surface area contributed by atoms with Crippen LogP contribution in [-0.4, -0.2) is 23.8 Å². The molecule has 6 heteroatoms. The van der Waals surface area contributed by atoms with Gasteiger partial charge in [-0.15, -0.1) is 0 Å². The van der Waals surface area contributed by atoms with Gasteiger partial charge in [-0.3, -0.25) is 4.79 Å². The quantitative estimate of drug-likeness (QED) is 0.926. The van der Waals surface area contributed by atoms with Crippen molar-refractivity contribution < 1.29 is 4.74 Å². The summed E-state index contributed by atoms with van der Waals surface area (Å²) >= 11 is 6.29. The molecule has 0 amide bonds. The largest absolute Gasteiger partial charge is 0.489 e. The molecule has 1 aliphatic rings. The maximum atomic E-state index is 12.3. The lowest BCUT2D eigenvalue weighted by molar-refractivity contribution is 0.162. The average Bonchev–Trinajstić information content (AvgIpc) is 2.60. The van der Waals surface area contributed by atoms with Crippen LogP contribution in [0, 0.1) is 11.3 Å². The number of hydrogen-bond acceptors (Lipinski definition) is 4. The molecular weight excluding hydrogens is 326 g/mol. The van der Waals surface area contributed by atoms with Crippen LogP contribution in [0.1, 0.15) is 24.0 Å². The molecule has 1 fully saturated rings. The summed E-state index contributed by atoms with van der Waals surface area (Å²) in [5, 5.41) is 12.6. The normalized spacial score (nSPS) is 15.0. The van der Waals surface area contributed by atoms with Gasteiger partial charge in [0.05, 0.1) is 23.2 Å². The summed E-state index contributed by atoms with van der Waals surface area (Å²) in [7, 11) is 0. The fourth-order valence-electron chi connectivity index (χ4n) is 2.77. The molecule has 0 radical (unpaired) electrons. The van der Waals surface area contributed by atoms with E-state index in [0.29, 0.717) is 22.9 Å². The van der Waals surface area contributed by atoms with Gasteiger partial charge in [0.1, 0.15) is 11.9 Å². The summed E-state index contributed by atoms with van der Waals surface area (Å²) in [6, 6.07) is 10.7. The van der Waals surface area contributed by atoms with Gasteiger partial charge in [-0.1, -0.05) is 23.7 Å². The van der Waals surface area contributed by atoms with Gasteiger partial charge in [0, 0.05) is 12.3 Å². The Morgan fingerprint density at radius 3 is 2.88 bits per heavy atom. The topological polar surface area (TPSA) is 67.1 Å². The Bertz CT molecular complexity index is 820. The summed E-state index contributed by atoms with van der Waals surface area (Å²) in [5.74, 6) is 0.440. The van der Waals surface area contributed by atoms with Crippen molar-refractivity contribution >= 4 is 11.6 Å². The van der Waals surface area contributed by atoms with Crippen molar-refractivity contribution in [3.8, 4) is 11.8 Å². The minimum absolute atomic E-state index is 0.0892.